The lowest BCUT2D eigenvalue weighted by atomic mass is 10.1. The fraction of sp³-hybridized carbons (Fsp3) is 0.818. The summed E-state index contributed by atoms with van der Waals surface area (Å²) in [4.78, 5) is 4.06. The molecule has 0 aliphatic heterocycles. The molecule has 5 nitrogen and oxygen atoms in total. The average Bonchev–Trinajstić information content (AvgIpc) is 2.66. The smallest absolute Gasteiger partial charge is 0.370 e. The molecule has 0 saturated heterocycles. The summed E-state index contributed by atoms with van der Waals surface area (Å²) >= 11 is 0. The highest BCUT2D eigenvalue weighted by molar-refractivity contribution is 4.86. The maximum atomic E-state index is 11.9. The molecule has 0 amide bonds. The Morgan fingerprint density at radius 1 is 1.32 bits per heavy atom. The van der Waals surface area contributed by atoms with Gasteiger partial charge >= 0.3 is 6.18 Å². The summed E-state index contributed by atoms with van der Waals surface area (Å²) in [6.45, 7) is 5.50. The van der Waals surface area contributed by atoms with Gasteiger partial charge in [-0.2, -0.15) is 18.3 Å². The van der Waals surface area contributed by atoms with Crippen LogP contribution >= 0.6 is 0 Å². The van der Waals surface area contributed by atoms with Gasteiger partial charge in [0.05, 0.1) is 19.7 Å². The summed E-state index contributed by atoms with van der Waals surface area (Å²) in [7, 11) is 0. The van der Waals surface area contributed by atoms with Gasteiger partial charge in [-0.3, -0.25) is 0 Å². The fourth-order valence-electron chi connectivity index (χ4n) is 1.29. The molecule has 1 N–H and O–H groups in total. The lowest BCUT2D eigenvalue weighted by Crippen LogP contribution is -2.36. The van der Waals surface area contributed by atoms with Gasteiger partial charge in [0.25, 0.3) is 0 Å². The molecule has 0 fully saturated rings. The number of hydrogen-bond donors (Lipinski definition) is 1. The summed E-state index contributed by atoms with van der Waals surface area (Å²) in [5, 5.41) is 7.19. The first-order chi connectivity index (χ1) is 8.67. The van der Waals surface area contributed by atoms with Crippen molar-refractivity contribution in [1.29, 1.82) is 0 Å². The molecule has 0 atom stereocenters. The predicted molar refractivity (Wildman–Crippen MR) is 63.5 cm³/mol. The quantitative estimate of drug-likeness (QED) is 0.807. The minimum absolute atomic E-state index is 0.0502. The predicted octanol–water partition coefficient (Wildman–Crippen LogP) is 1.75. The van der Waals surface area contributed by atoms with E-state index in [4.69, 9.17) is 0 Å². The Labute approximate surface area is 110 Å². The second-order valence-corrected chi connectivity index (χ2v) is 5.17. The average molecular weight is 280 g/mol. The second kappa shape index (κ2) is 6.33. The van der Waals surface area contributed by atoms with Crippen LogP contribution in [0.5, 0.6) is 0 Å². The number of rotatable bonds is 6. The second-order valence-electron chi connectivity index (χ2n) is 5.17. The maximum Gasteiger partial charge on any atom is 0.411 e. The van der Waals surface area contributed by atoms with Crippen molar-refractivity contribution < 1.29 is 17.9 Å². The topological polar surface area (TPSA) is 52.0 Å². The van der Waals surface area contributed by atoms with Crippen molar-refractivity contribution in [2.24, 2.45) is 0 Å². The van der Waals surface area contributed by atoms with Crippen LogP contribution in [0.1, 0.15) is 26.6 Å². The highest BCUT2D eigenvalue weighted by Crippen LogP contribution is 2.14. The standard InChI is InChI=1S/C11H19F3N4O/c1-10(2,3)16-6-9-15-8-17-18(9)4-5-19-7-11(12,13)14/h8,16H,4-7H2,1-3H3. The van der Waals surface area contributed by atoms with E-state index in [1.54, 1.807) is 0 Å². The largest absolute Gasteiger partial charge is 0.411 e. The lowest BCUT2D eigenvalue weighted by Gasteiger charge is -2.20. The van der Waals surface area contributed by atoms with E-state index in [2.05, 4.69) is 20.1 Å². The Bertz CT molecular complexity index is 384. The molecule has 0 saturated carbocycles. The van der Waals surface area contributed by atoms with Crippen LogP contribution in [0.2, 0.25) is 0 Å². The van der Waals surface area contributed by atoms with E-state index in [1.165, 1.54) is 11.0 Å². The van der Waals surface area contributed by atoms with Crippen molar-refractivity contribution in [3.63, 3.8) is 0 Å². The Balaban J connectivity index is 2.37. The van der Waals surface area contributed by atoms with E-state index in [1.807, 2.05) is 20.8 Å². The molecule has 1 rings (SSSR count). The first-order valence-electron chi connectivity index (χ1n) is 5.93. The molecule has 0 aliphatic carbocycles. The third-order valence-corrected chi connectivity index (χ3v) is 2.19. The van der Waals surface area contributed by atoms with Gasteiger partial charge < -0.3 is 10.1 Å². The molecule has 1 heterocycles. The maximum absolute atomic E-state index is 11.9. The third-order valence-electron chi connectivity index (χ3n) is 2.19. The summed E-state index contributed by atoms with van der Waals surface area (Å²) < 4.78 is 41.7. The molecular weight excluding hydrogens is 261 g/mol. The number of aromatic nitrogens is 3. The van der Waals surface area contributed by atoms with Gasteiger partial charge in [-0.1, -0.05) is 0 Å². The van der Waals surface area contributed by atoms with Crippen LogP contribution in [-0.2, 0) is 17.8 Å². The van der Waals surface area contributed by atoms with Gasteiger partial charge in [-0.25, -0.2) is 9.67 Å². The molecule has 1 aromatic rings. The van der Waals surface area contributed by atoms with Gasteiger partial charge in [0.1, 0.15) is 18.8 Å². The van der Waals surface area contributed by atoms with Gasteiger partial charge in [0.15, 0.2) is 0 Å². The zero-order valence-electron chi connectivity index (χ0n) is 11.3. The lowest BCUT2D eigenvalue weighted by molar-refractivity contribution is -0.174. The van der Waals surface area contributed by atoms with Gasteiger partial charge in [0.2, 0.25) is 0 Å². The van der Waals surface area contributed by atoms with Crippen LogP contribution in [0, 0.1) is 0 Å². The van der Waals surface area contributed by atoms with Gasteiger partial charge in [-0.15, -0.1) is 0 Å². The van der Waals surface area contributed by atoms with E-state index in [9.17, 15) is 13.2 Å². The van der Waals surface area contributed by atoms with Crippen molar-refractivity contribution in [2.45, 2.75) is 45.6 Å². The normalized spacial score (nSPS) is 12.9. The number of nitrogens with one attached hydrogen (secondary N) is 1. The van der Waals surface area contributed by atoms with Crippen molar-refractivity contribution in [3.05, 3.63) is 12.2 Å². The molecule has 0 unspecified atom stereocenters. The minimum atomic E-state index is -4.29. The van der Waals surface area contributed by atoms with Crippen LogP contribution in [0.4, 0.5) is 13.2 Å². The summed E-state index contributed by atoms with van der Waals surface area (Å²) in [6, 6.07) is 0. The Kier molecular flexibility index (Phi) is 5.30. The molecule has 0 radical (unpaired) electrons. The van der Waals surface area contributed by atoms with E-state index < -0.39 is 12.8 Å². The van der Waals surface area contributed by atoms with Crippen LogP contribution in [-0.4, -0.2) is 39.7 Å². The molecule has 8 heteroatoms. The zero-order valence-corrected chi connectivity index (χ0v) is 11.3. The Morgan fingerprint density at radius 2 is 2.00 bits per heavy atom. The number of ether oxygens (including phenoxy) is 1. The van der Waals surface area contributed by atoms with Crippen molar-refractivity contribution in [2.75, 3.05) is 13.2 Å². The van der Waals surface area contributed by atoms with E-state index >= 15 is 0 Å². The molecule has 0 spiro atoms. The first-order valence-corrected chi connectivity index (χ1v) is 5.93. The first kappa shape index (κ1) is 15.9. The molecule has 19 heavy (non-hydrogen) atoms. The highest BCUT2D eigenvalue weighted by Gasteiger charge is 2.27. The van der Waals surface area contributed by atoms with Crippen LogP contribution < -0.4 is 5.32 Å². The van der Waals surface area contributed by atoms with Crippen LogP contribution in [0.25, 0.3) is 0 Å². The number of alkyl halides is 3. The third kappa shape index (κ3) is 7.12. The van der Waals surface area contributed by atoms with E-state index in [-0.39, 0.29) is 18.7 Å². The minimum Gasteiger partial charge on any atom is -0.370 e. The number of nitrogens with zero attached hydrogens (tertiary/aromatic N) is 3. The zero-order chi connectivity index (χ0) is 14.5. The monoisotopic (exact) mass is 280 g/mol. The van der Waals surface area contributed by atoms with Crippen molar-refractivity contribution >= 4 is 0 Å². The Hall–Kier alpha value is -1.15. The molecule has 1 aromatic heterocycles. The summed E-state index contributed by atoms with van der Waals surface area (Å²) in [6.07, 6.45) is -2.91. The molecule has 0 aromatic carbocycles. The van der Waals surface area contributed by atoms with Crippen molar-refractivity contribution in [1.82, 2.24) is 20.1 Å². The van der Waals surface area contributed by atoms with Crippen molar-refractivity contribution in [3.8, 4) is 0 Å². The molecule has 0 aliphatic rings. The van der Waals surface area contributed by atoms with E-state index in [0.29, 0.717) is 12.4 Å². The summed E-state index contributed by atoms with van der Waals surface area (Å²) in [5.41, 5.74) is -0.0659. The SMILES string of the molecule is CC(C)(C)NCc1ncnn1CCOCC(F)(F)F. The number of hydrogen-bond acceptors (Lipinski definition) is 4. The van der Waals surface area contributed by atoms with Crippen LogP contribution in [0.15, 0.2) is 6.33 Å². The van der Waals surface area contributed by atoms with Crippen LogP contribution in [0.3, 0.4) is 0 Å². The van der Waals surface area contributed by atoms with Gasteiger partial charge in [-0.05, 0) is 20.8 Å². The fourth-order valence-corrected chi connectivity index (χ4v) is 1.29. The summed E-state index contributed by atoms with van der Waals surface area (Å²) in [5.74, 6) is 0.672. The molecule has 110 valence electrons. The molecule has 0 bridgehead atoms. The van der Waals surface area contributed by atoms with E-state index in [0.717, 1.165) is 0 Å². The Morgan fingerprint density at radius 3 is 2.58 bits per heavy atom. The number of halogens is 3. The van der Waals surface area contributed by atoms with Gasteiger partial charge in [0, 0.05) is 5.54 Å². The molecular formula is C11H19F3N4O. The highest BCUT2D eigenvalue weighted by atomic mass is 19.4.